The van der Waals surface area contributed by atoms with Gasteiger partial charge < -0.3 is 19.5 Å². The average Bonchev–Trinajstić information content (AvgIpc) is 2.91. The molecule has 0 saturated carbocycles. The van der Waals surface area contributed by atoms with Gasteiger partial charge in [-0.15, -0.1) is 0 Å². The molecule has 0 aliphatic carbocycles. The van der Waals surface area contributed by atoms with Crippen LogP contribution in [0.15, 0.2) is 72.1 Å². The number of carbonyl (C=O) groups is 2. The largest absolute Gasteiger partial charge is 0.493 e. The first-order valence-electron chi connectivity index (χ1n) is 11.7. The number of carbonyl (C=O) groups excluding carboxylic acids is 2. The number of anilines is 1. The number of hydrazone groups is 1. The fourth-order valence-corrected chi connectivity index (χ4v) is 3.77. The first-order valence-corrected chi connectivity index (χ1v) is 11.7. The third-order valence-corrected chi connectivity index (χ3v) is 5.60. The Morgan fingerprint density at radius 3 is 2.47 bits per heavy atom. The van der Waals surface area contributed by atoms with Crippen molar-refractivity contribution in [3.63, 3.8) is 0 Å². The molecule has 0 radical (unpaired) electrons. The van der Waals surface area contributed by atoms with Gasteiger partial charge in [-0.2, -0.15) is 10.1 Å². The summed E-state index contributed by atoms with van der Waals surface area (Å²) >= 11 is 0. The molecule has 1 aliphatic heterocycles. The highest BCUT2D eigenvalue weighted by Crippen LogP contribution is 2.30. The molecule has 1 unspecified atom stereocenters. The van der Waals surface area contributed by atoms with Gasteiger partial charge in [0.05, 0.1) is 20.3 Å². The van der Waals surface area contributed by atoms with Crippen molar-refractivity contribution in [3.05, 3.63) is 83.7 Å². The molecular formula is C27H28N4O5. The van der Waals surface area contributed by atoms with Crippen LogP contribution in [0.25, 0.3) is 0 Å². The quantitative estimate of drug-likeness (QED) is 0.461. The Morgan fingerprint density at radius 2 is 1.81 bits per heavy atom. The monoisotopic (exact) mass is 488 g/mol. The minimum atomic E-state index is -0.515. The standard InChI is InChI=1S/C27H28N4O5/c1-4-22-25(20-8-11-23(35-5-2)24(16-20)34-3)30-31(27(33)36-22)17-18-6-9-21(10-7-18)29-26(32)19-12-14-28-15-13-19/h6-16,22H,4-5,17H2,1-3H3,(H,29,32). The predicted octanol–water partition coefficient (Wildman–Crippen LogP) is 4.88. The molecule has 1 aromatic heterocycles. The number of cyclic esters (lactones) is 1. The summed E-state index contributed by atoms with van der Waals surface area (Å²) < 4.78 is 16.8. The second-order valence-electron chi connectivity index (χ2n) is 8.01. The van der Waals surface area contributed by atoms with Crippen LogP contribution in [0.3, 0.4) is 0 Å². The maximum absolute atomic E-state index is 12.7. The Morgan fingerprint density at radius 1 is 1.06 bits per heavy atom. The highest BCUT2D eigenvalue weighted by molar-refractivity contribution is 6.06. The van der Waals surface area contributed by atoms with Crippen molar-refractivity contribution < 1.29 is 23.8 Å². The Hall–Kier alpha value is -4.40. The number of methoxy groups -OCH3 is 1. The van der Waals surface area contributed by atoms with E-state index in [1.54, 1.807) is 43.8 Å². The van der Waals surface area contributed by atoms with E-state index in [4.69, 9.17) is 14.2 Å². The molecule has 2 heterocycles. The highest BCUT2D eigenvalue weighted by Gasteiger charge is 2.31. The molecule has 0 fully saturated rings. The van der Waals surface area contributed by atoms with Crippen molar-refractivity contribution in [2.24, 2.45) is 5.10 Å². The summed E-state index contributed by atoms with van der Waals surface area (Å²) in [7, 11) is 1.58. The molecular weight excluding hydrogens is 460 g/mol. The van der Waals surface area contributed by atoms with E-state index >= 15 is 0 Å². The summed E-state index contributed by atoms with van der Waals surface area (Å²) in [4.78, 5) is 28.9. The molecule has 1 N–H and O–H groups in total. The van der Waals surface area contributed by atoms with Crippen molar-refractivity contribution in [2.75, 3.05) is 19.0 Å². The van der Waals surface area contributed by atoms with Gasteiger partial charge in [0, 0.05) is 29.2 Å². The third-order valence-electron chi connectivity index (χ3n) is 5.60. The second kappa shape index (κ2) is 11.4. The van der Waals surface area contributed by atoms with E-state index in [1.165, 1.54) is 5.01 Å². The van der Waals surface area contributed by atoms with Crippen LogP contribution in [0.4, 0.5) is 10.5 Å². The summed E-state index contributed by atoms with van der Waals surface area (Å²) in [6.45, 7) is 4.58. The number of nitrogens with one attached hydrogen (secondary N) is 1. The minimum Gasteiger partial charge on any atom is -0.493 e. The van der Waals surface area contributed by atoms with Crippen LogP contribution in [0.2, 0.25) is 0 Å². The number of rotatable bonds is 9. The van der Waals surface area contributed by atoms with Gasteiger partial charge >= 0.3 is 6.09 Å². The van der Waals surface area contributed by atoms with E-state index in [0.717, 1.165) is 11.1 Å². The number of nitrogens with zero attached hydrogens (tertiary/aromatic N) is 3. The molecule has 3 aromatic rings. The molecule has 9 heteroatoms. The molecule has 186 valence electrons. The van der Waals surface area contributed by atoms with Gasteiger partial charge in [0.1, 0.15) is 11.8 Å². The van der Waals surface area contributed by atoms with Crippen LogP contribution in [0, 0.1) is 0 Å². The van der Waals surface area contributed by atoms with E-state index < -0.39 is 12.2 Å². The van der Waals surface area contributed by atoms with E-state index in [9.17, 15) is 9.59 Å². The molecule has 0 bridgehead atoms. The first kappa shape index (κ1) is 24.7. The summed E-state index contributed by atoms with van der Waals surface area (Å²) in [6.07, 6.45) is 2.73. The van der Waals surface area contributed by atoms with Gasteiger partial charge in [-0.05, 0) is 61.4 Å². The van der Waals surface area contributed by atoms with Crippen LogP contribution in [-0.2, 0) is 11.3 Å². The van der Waals surface area contributed by atoms with Crippen molar-refractivity contribution in [3.8, 4) is 11.5 Å². The summed E-state index contributed by atoms with van der Waals surface area (Å²) in [5.41, 5.74) is 3.41. The smallest absolute Gasteiger partial charge is 0.431 e. The number of hydrogen-bond donors (Lipinski definition) is 1. The molecule has 0 saturated heterocycles. The zero-order valence-corrected chi connectivity index (χ0v) is 20.4. The molecule has 4 rings (SSSR count). The lowest BCUT2D eigenvalue weighted by Gasteiger charge is -2.29. The third kappa shape index (κ3) is 5.63. The number of aromatic nitrogens is 1. The van der Waals surface area contributed by atoms with Crippen LogP contribution in [0.1, 0.15) is 41.8 Å². The predicted molar refractivity (Wildman–Crippen MR) is 135 cm³/mol. The van der Waals surface area contributed by atoms with Crippen LogP contribution < -0.4 is 14.8 Å². The van der Waals surface area contributed by atoms with Gasteiger partial charge in [-0.1, -0.05) is 19.1 Å². The van der Waals surface area contributed by atoms with E-state index in [-0.39, 0.29) is 12.5 Å². The van der Waals surface area contributed by atoms with Gasteiger partial charge in [-0.25, -0.2) is 4.79 Å². The molecule has 36 heavy (non-hydrogen) atoms. The zero-order valence-electron chi connectivity index (χ0n) is 20.4. The average molecular weight is 489 g/mol. The van der Waals surface area contributed by atoms with Crippen LogP contribution in [0.5, 0.6) is 11.5 Å². The van der Waals surface area contributed by atoms with Crippen molar-refractivity contribution in [1.82, 2.24) is 9.99 Å². The van der Waals surface area contributed by atoms with E-state index in [1.807, 2.05) is 44.2 Å². The Balaban J connectivity index is 1.52. The Kier molecular flexibility index (Phi) is 7.79. The number of hydrogen-bond acceptors (Lipinski definition) is 7. The lowest BCUT2D eigenvalue weighted by Crippen LogP contribution is -2.41. The number of ether oxygens (including phenoxy) is 3. The molecule has 0 spiro atoms. The van der Waals surface area contributed by atoms with Crippen LogP contribution in [-0.4, -0.2) is 47.5 Å². The fourth-order valence-electron chi connectivity index (χ4n) is 3.77. The number of pyridine rings is 1. The van der Waals surface area contributed by atoms with Crippen molar-refractivity contribution >= 4 is 23.4 Å². The molecule has 9 nitrogen and oxygen atoms in total. The van der Waals surface area contributed by atoms with Gasteiger partial charge in [0.2, 0.25) is 0 Å². The van der Waals surface area contributed by atoms with Gasteiger partial charge in [-0.3, -0.25) is 9.78 Å². The Labute approximate surface area is 209 Å². The highest BCUT2D eigenvalue weighted by atomic mass is 16.6. The number of benzene rings is 2. The first-order chi connectivity index (χ1) is 17.5. The topological polar surface area (TPSA) is 102 Å². The summed E-state index contributed by atoms with van der Waals surface area (Å²) in [6, 6.07) is 16.0. The van der Waals surface area contributed by atoms with E-state index in [2.05, 4.69) is 15.4 Å². The molecule has 1 aliphatic rings. The summed E-state index contributed by atoms with van der Waals surface area (Å²) in [5.74, 6) is 0.994. The zero-order chi connectivity index (χ0) is 25.5. The maximum atomic E-state index is 12.7. The normalized spacial score (nSPS) is 15.1. The minimum absolute atomic E-state index is 0.214. The SMILES string of the molecule is CCOc1ccc(C2=NN(Cc3ccc(NC(=O)c4ccncc4)cc3)C(=O)OC2CC)cc1OC. The van der Waals surface area contributed by atoms with Crippen LogP contribution >= 0.6 is 0 Å². The molecule has 2 aromatic carbocycles. The fraction of sp³-hybridized carbons (Fsp3) is 0.259. The molecule has 2 amide bonds. The Bertz CT molecular complexity index is 1240. The van der Waals surface area contributed by atoms with Crippen molar-refractivity contribution in [1.29, 1.82) is 0 Å². The summed E-state index contributed by atoms with van der Waals surface area (Å²) in [5, 5.41) is 8.79. The van der Waals surface area contributed by atoms with Crippen molar-refractivity contribution in [2.45, 2.75) is 32.9 Å². The van der Waals surface area contributed by atoms with Gasteiger partial charge in [0.25, 0.3) is 5.91 Å². The lowest BCUT2D eigenvalue weighted by molar-refractivity contribution is 0.0712. The van der Waals surface area contributed by atoms with Gasteiger partial charge in [0.15, 0.2) is 11.5 Å². The lowest BCUT2D eigenvalue weighted by atomic mass is 10.0. The second-order valence-corrected chi connectivity index (χ2v) is 8.01. The molecule has 1 atom stereocenters. The van der Waals surface area contributed by atoms with E-state index in [0.29, 0.717) is 41.5 Å². The maximum Gasteiger partial charge on any atom is 0.431 e. The number of amides is 2.